The molecule has 1 aromatic carbocycles. The number of carbonyl (C=O) groups is 1. The van der Waals surface area contributed by atoms with Gasteiger partial charge in [0.1, 0.15) is 5.60 Å². The molecule has 1 N–H and O–H groups in total. The van der Waals surface area contributed by atoms with Gasteiger partial charge in [0.25, 0.3) is 5.91 Å². The van der Waals surface area contributed by atoms with Crippen LogP contribution in [0.5, 0.6) is 0 Å². The van der Waals surface area contributed by atoms with Gasteiger partial charge >= 0.3 is 0 Å². The smallest absolute Gasteiger partial charge is 0.252 e. The Hall–Kier alpha value is -1.35. The van der Waals surface area contributed by atoms with E-state index in [2.05, 4.69) is 24.4 Å². The first-order valence-corrected chi connectivity index (χ1v) is 7.13. The Morgan fingerprint density at radius 1 is 1.37 bits per heavy atom. The third kappa shape index (κ3) is 2.98. The Morgan fingerprint density at radius 3 is 2.53 bits per heavy atom. The predicted molar refractivity (Wildman–Crippen MR) is 75.8 cm³/mol. The van der Waals surface area contributed by atoms with Gasteiger partial charge in [-0.3, -0.25) is 4.79 Å². The number of ether oxygens (including phenoxy) is 1. The molecule has 0 bridgehead atoms. The Kier molecular flexibility index (Phi) is 4.59. The van der Waals surface area contributed by atoms with Crippen molar-refractivity contribution >= 4 is 5.91 Å². The van der Waals surface area contributed by atoms with E-state index in [1.165, 1.54) is 5.56 Å². The predicted octanol–water partition coefficient (Wildman–Crippen LogP) is 3.21. The molecule has 0 heterocycles. The second kappa shape index (κ2) is 6.20. The van der Waals surface area contributed by atoms with E-state index in [9.17, 15) is 4.79 Å². The minimum Gasteiger partial charge on any atom is -0.368 e. The van der Waals surface area contributed by atoms with Crippen molar-refractivity contribution in [3.63, 3.8) is 0 Å². The molecule has 1 aromatic rings. The second-order valence-electron chi connectivity index (χ2n) is 5.28. The van der Waals surface area contributed by atoms with Crippen LogP contribution in [0.3, 0.4) is 0 Å². The number of methoxy groups -OCH3 is 1. The summed E-state index contributed by atoms with van der Waals surface area (Å²) in [5, 5.41) is 3.16. The van der Waals surface area contributed by atoms with E-state index in [0.29, 0.717) is 0 Å². The number of amides is 1. The average molecular weight is 261 g/mol. The van der Waals surface area contributed by atoms with Gasteiger partial charge in [-0.25, -0.2) is 0 Å². The van der Waals surface area contributed by atoms with Crippen LogP contribution in [-0.4, -0.2) is 18.6 Å². The van der Waals surface area contributed by atoms with Gasteiger partial charge in [-0.1, -0.05) is 43.7 Å². The molecule has 0 radical (unpaired) electrons. The molecule has 104 valence electrons. The maximum atomic E-state index is 12.4. The van der Waals surface area contributed by atoms with Crippen LogP contribution in [0.4, 0.5) is 0 Å². The Bertz CT molecular complexity index is 407. The first-order chi connectivity index (χ1) is 9.22. The summed E-state index contributed by atoms with van der Waals surface area (Å²) >= 11 is 0. The number of hydrogen-bond acceptors (Lipinski definition) is 2. The molecule has 0 aromatic heterocycles. The van der Waals surface area contributed by atoms with Gasteiger partial charge in [0, 0.05) is 7.11 Å². The summed E-state index contributed by atoms with van der Waals surface area (Å²) in [6.45, 7) is 2.14. The standard InChI is InChI=1S/C16H23NO2/c1-3-8-14(13-9-5-4-6-10-13)17-15(18)16(19-2)11-7-12-16/h4-6,9-10,14H,3,7-8,11-12H2,1-2H3,(H,17,18). The van der Waals surface area contributed by atoms with E-state index in [4.69, 9.17) is 4.74 Å². The summed E-state index contributed by atoms with van der Waals surface area (Å²) < 4.78 is 5.44. The highest BCUT2D eigenvalue weighted by atomic mass is 16.5. The van der Waals surface area contributed by atoms with Crippen LogP contribution in [0, 0.1) is 0 Å². The van der Waals surface area contributed by atoms with E-state index >= 15 is 0 Å². The summed E-state index contributed by atoms with van der Waals surface area (Å²) in [4.78, 5) is 12.4. The van der Waals surface area contributed by atoms with E-state index in [-0.39, 0.29) is 11.9 Å². The summed E-state index contributed by atoms with van der Waals surface area (Å²) in [6, 6.07) is 10.3. The van der Waals surface area contributed by atoms with Gasteiger partial charge in [0.2, 0.25) is 0 Å². The number of carbonyl (C=O) groups excluding carboxylic acids is 1. The van der Waals surface area contributed by atoms with Gasteiger partial charge in [0.15, 0.2) is 0 Å². The highest BCUT2D eigenvalue weighted by molar-refractivity contribution is 5.86. The first-order valence-electron chi connectivity index (χ1n) is 7.13. The fraction of sp³-hybridized carbons (Fsp3) is 0.562. The molecule has 1 unspecified atom stereocenters. The molecule has 3 nitrogen and oxygen atoms in total. The number of benzene rings is 1. The summed E-state index contributed by atoms with van der Waals surface area (Å²) in [6.07, 6.45) is 4.74. The fourth-order valence-electron chi connectivity index (χ4n) is 2.61. The quantitative estimate of drug-likeness (QED) is 0.854. The molecule has 0 spiro atoms. The van der Waals surface area contributed by atoms with Crippen molar-refractivity contribution in [2.24, 2.45) is 0 Å². The van der Waals surface area contributed by atoms with Crippen LogP contribution in [0.15, 0.2) is 30.3 Å². The largest absolute Gasteiger partial charge is 0.368 e. The molecule has 1 aliphatic carbocycles. The highest BCUT2D eigenvalue weighted by Crippen LogP contribution is 2.36. The molecule has 0 saturated heterocycles. The zero-order valence-electron chi connectivity index (χ0n) is 11.8. The number of nitrogens with one attached hydrogen (secondary N) is 1. The van der Waals surface area contributed by atoms with Gasteiger partial charge in [-0.2, -0.15) is 0 Å². The molecule has 19 heavy (non-hydrogen) atoms. The minimum atomic E-state index is -0.569. The molecule has 1 saturated carbocycles. The normalized spacial score (nSPS) is 18.4. The Balaban J connectivity index is 2.07. The van der Waals surface area contributed by atoms with Gasteiger partial charge < -0.3 is 10.1 Å². The Labute approximate surface area is 115 Å². The fourth-order valence-corrected chi connectivity index (χ4v) is 2.61. The van der Waals surface area contributed by atoms with Crippen LogP contribution in [-0.2, 0) is 9.53 Å². The average Bonchev–Trinajstić information content (AvgIpc) is 2.39. The zero-order valence-corrected chi connectivity index (χ0v) is 11.8. The van der Waals surface area contributed by atoms with E-state index in [0.717, 1.165) is 32.1 Å². The highest BCUT2D eigenvalue weighted by Gasteiger charge is 2.44. The molecular formula is C16H23NO2. The molecule has 1 aliphatic rings. The van der Waals surface area contributed by atoms with Crippen LogP contribution in [0.25, 0.3) is 0 Å². The lowest BCUT2D eigenvalue weighted by atomic mass is 9.79. The monoisotopic (exact) mass is 261 g/mol. The van der Waals surface area contributed by atoms with Gasteiger partial charge in [-0.05, 0) is 31.2 Å². The van der Waals surface area contributed by atoms with Crippen LogP contribution < -0.4 is 5.32 Å². The lowest BCUT2D eigenvalue weighted by Gasteiger charge is -2.39. The van der Waals surface area contributed by atoms with Crippen molar-refractivity contribution in [1.29, 1.82) is 0 Å². The van der Waals surface area contributed by atoms with E-state index < -0.39 is 5.60 Å². The Morgan fingerprint density at radius 2 is 2.05 bits per heavy atom. The van der Waals surface area contributed by atoms with Gasteiger partial charge in [0.05, 0.1) is 6.04 Å². The maximum absolute atomic E-state index is 12.4. The van der Waals surface area contributed by atoms with Crippen molar-refractivity contribution < 1.29 is 9.53 Å². The SMILES string of the molecule is CCCC(NC(=O)C1(OC)CCC1)c1ccccc1. The third-order valence-corrected chi connectivity index (χ3v) is 4.05. The van der Waals surface area contributed by atoms with Crippen LogP contribution in [0.2, 0.25) is 0 Å². The van der Waals surface area contributed by atoms with Crippen LogP contribution >= 0.6 is 0 Å². The van der Waals surface area contributed by atoms with Crippen molar-refractivity contribution in [3.8, 4) is 0 Å². The summed E-state index contributed by atoms with van der Waals surface area (Å²) in [5.74, 6) is 0.0450. The third-order valence-electron chi connectivity index (χ3n) is 4.05. The summed E-state index contributed by atoms with van der Waals surface area (Å²) in [7, 11) is 1.64. The molecule has 3 heteroatoms. The zero-order chi connectivity index (χ0) is 13.7. The summed E-state index contributed by atoms with van der Waals surface area (Å²) in [5.41, 5.74) is 0.601. The lowest BCUT2D eigenvalue weighted by Crippen LogP contribution is -2.53. The van der Waals surface area contributed by atoms with Gasteiger partial charge in [-0.15, -0.1) is 0 Å². The molecule has 1 amide bonds. The van der Waals surface area contributed by atoms with E-state index in [1.807, 2.05) is 18.2 Å². The van der Waals surface area contributed by atoms with Crippen LogP contribution in [0.1, 0.15) is 50.6 Å². The van der Waals surface area contributed by atoms with Crippen molar-refractivity contribution in [2.75, 3.05) is 7.11 Å². The second-order valence-corrected chi connectivity index (χ2v) is 5.28. The van der Waals surface area contributed by atoms with E-state index in [1.54, 1.807) is 7.11 Å². The lowest BCUT2D eigenvalue weighted by molar-refractivity contribution is -0.155. The van der Waals surface area contributed by atoms with Crippen molar-refractivity contribution in [2.45, 2.75) is 50.7 Å². The molecule has 1 atom stereocenters. The maximum Gasteiger partial charge on any atom is 0.252 e. The molecule has 2 rings (SSSR count). The topological polar surface area (TPSA) is 38.3 Å². The first kappa shape index (κ1) is 14.1. The van der Waals surface area contributed by atoms with Crippen molar-refractivity contribution in [1.82, 2.24) is 5.32 Å². The number of rotatable bonds is 6. The number of hydrogen-bond donors (Lipinski definition) is 1. The molecule has 0 aliphatic heterocycles. The molecular weight excluding hydrogens is 238 g/mol. The molecule has 1 fully saturated rings. The minimum absolute atomic E-state index is 0.0450. The van der Waals surface area contributed by atoms with Crippen molar-refractivity contribution in [3.05, 3.63) is 35.9 Å².